The minimum Gasteiger partial charge on any atom is -0.328 e. The number of carbonyl (C=O) groups is 1. The van der Waals surface area contributed by atoms with Gasteiger partial charge in [-0.25, -0.2) is 4.68 Å². The van der Waals surface area contributed by atoms with Crippen LogP contribution in [0.2, 0.25) is 0 Å². The van der Waals surface area contributed by atoms with Crippen molar-refractivity contribution in [2.45, 2.75) is 13.0 Å². The Morgan fingerprint density at radius 3 is 2.77 bits per heavy atom. The topological polar surface area (TPSA) is 71.8 Å². The highest BCUT2D eigenvalue weighted by molar-refractivity contribution is 9.10. The number of carbonyl (C=O) groups excluding carboxylic acids is 1. The molecule has 2 N–H and O–H groups in total. The Morgan fingerprint density at radius 1 is 1.19 bits per heavy atom. The molecule has 1 amide bonds. The molecule has 26 heavy (non-hydrogen) atoms. The van der Waals surface area contributed by atoms with Gasteiger partial charge >= 0.3 is 0 Å². The lowest BCUT2D eigenvalue weighted by molar-refractivity contribution is -0.113. The highest BCUT2D eigenvalue weighted by Gasteiger charge is 2.33. The van der Waals surface area contributed by atoms with E-state index < -0.39 is 0 Å². The maximum Gasteiger partial charge on any atom is 0.255 e. The van der Waals surface area contributed by atoms with E-state index in [-0.39, 0.29) is 11.9 Å². The molecular weight excluding hydrogens is 394 g/mol. The Balaban J connectivity index is 1.78. The monoisotopic (exact) mass is 409 g/mol. The van der Waals surface area contributed by atoms with Gasteiger partial charge in [-0.3, -0.25) is 4.79 Å². The maximum absolute atomic E-state index is 13.1. The number of anilines is 2. The van der Waals surface area contributed by atoms with Crippen LogP contribution in [0.15, 0.2) is 76.7 Å². The van der Waals surface area contributed by atoms with Gasteiger partial charge in [-0.05, 0) is 36.8 Å². The van der Waals surface area contributed by atoms with Gasteiger partial charge in [-0.15, -0.1) is 0 Å². The van der Waals surface area contributed by atoms with Crippen molar-refractivity contribution in [1.29, 1.82) is 0 Å². The quantitative estimate of drug-likeness (QED) is 0.686. The van der Waals surface area contributed by atoms with E-state index in [1.165, 1.54) is 6.33 Å². The molecule has 0 unspecified atom stereocenters. The highest BCUT2D eigenvalue weighted by atomic mass is 79.9. The number of rotatable bonds is 3. The molecule has 0 fully saturated rings. The summed E-state index contributed by atoms with van der Waals surface area (Å²) in [4.78, 5) is 17.3. The smallest absolute Gasteiger partial charge is 0.255 e. The molecule has 6 nitrogen and oxygen atoms in total. The standard InChI is InChI=1S/C19H16BrN5O/c1-12-16(18(26)24-15-8-3-2-4-9-15)17(13-6-5-7-14(20)10-13)25-19(23-12)21-11-22-25/h2-11,17H,1H3,(H,24,26)(H,21,22,23)/t17-/m0/s1. The van der Waals surface area contributed by atoms with Gasteiger partial charge in [-0.2, -0.15) is 10.1 Å². The number of halogens is 1. The predicted molar refractivity (Wildman–Crippen MR) is 104 cm³/mol. The first-order valence-corrected chi connectivity index (χ1v) is 8.92. The van der Waals surface area contributed by atoms with Crippen LogP contribution in [0.25, 0.3) is 0 Å². The molecule has 0 saturated heterocycles. The summed E-state index contributed by atoms with van der Waals surface area (Å²) in [7, 11) is 0. The van der Waals surface area contributed by atoms with Gasteiger partial charge < -0.3 is 10.6 Å². The van der Waals surface area contributed by atoms with Crippen molar-refractivity contribution in [3.8, 4) is 0 Å². The van der Waals surface area contributed by atoms with Crippen LogP contribution in [0.3, 0.4) is 0 Å². The molecule has 0 bridgehead atoms. The first-order valence-electron chi connectivity index (χ1n) is 8.12. The van der Waals surface area contributed by atoms with Crippen molar-refractivity contribution in [3.63, 3.8) is 0 Å². The molecule has 4 rings (SSSR count). The average Bonchev–Trinajstić information content (AvgIpc) is 3.09. The summed E-state index contributed by atoms with van der Waals surface area (Å²) in [6.45, 7) is 1.88. The minimum atomic E-state index is -0.366. The third-order valence-electron chi connectivity index (χ3n) is 4.24. The third kappa shape index (κ3) is 3.01. The second-order valence-corrected chi connectivity index (χ2v) is 6.89. The number of hydrogen-bond donors (Lipinski definition) is 2. The molecule has 0 aliphatic carbocycles. The van der Waals surface area contributed by atoms with Crippen molar-refractivity contribution in [1.82, 2.24) is 14.8 Å². The molecule has 3 aromatic rings. The predicted octanol–water partition coefficient (Wildman–Crippen LogP) is 3.97. The van der Waals surface area contributed by atoms with E-state index in [2.05, 4.69) is 36.6 Å². The highest BCUT2D eigenvalue weighted by Crippen LogP contribution is 2.35. The summed E-state index contributed by atoms with van der Waals surface area (Å²) >= 11 is 3.51. The summed E-state index contributed by atoms with van der Waals surface area (Å²) in [5.41, 5.74) is 3.05. The van der Waals surface area contributed by atoms with Crippen LogP contribution >= 0.6 is 15.9 Å². The first kappa shape index (κ1) is 16.5. The summed E-state index contributed by atoms with van der Waals surface area (Å²) in [6.07, 6.45) is 1.48. The molecular formula is C19H16BrN5O. The second kappa shape index (κ2) is 6.76. The number of nitrogens with one attached hydrogen (secondary N) is 2. The normalized spacial score (nSPS) is 16.0. The Hall–Kier alpha value is -2.93. The van der Waals surface area contributed by atoms with E-state index >= 15 is 0 Å². The number of benzene rings is 2. The van der Waals surface area contributed by atoms with Gasteiger partial charge in [0.1, 0.15) is 12.4 Å². The zero-order valence-electron chi connectivity index (χ0n) is 14.0. The fraction of sp³-hybridized carbons (Fsp3) is 0.105. The second-order valence-electron chi connectivity index (χ2n) is 5.97. The minimum absolute atomic E-state index is 0.174. The molecule has 0 saturated carbocycles. The molecule has 0 spiro atoms. The maximum atomic E-state index is 13.1. The Morgan fingerprint density at radius 2 is 2.00 bits per heavy atom. The number of hydrogen-bond acceptors (Lipinski definition) is 4. The molecule has 0 radical (unpaired) electrons. The number of amides is 1. The van der Waals surface area contributed by atoms with Gasteiger partial charge in [0.05, 0.1) is 5.57 Å². The largest absolute Gasteiger partial charge is 0.328 e. The molecule has 2 aromatic carbocycles. The van der Waals surface area contributed by atoms with Crippen LogP contribution in [0.5, 0.6) is 0 Å². The third-order valence-corrected chi connectivity index (χ3v) is 4.73. The van der Waals surface area contributed by atoms with Crippen LogP contribution < -0.4 is 10.6 Å². The van der Waals surface area contributed by atoms with Crippen molar-refractivity contribution >= 4 is 33.5 Å². The average molecular weight is 410 g/mol. The summed E-state index contributed by atoms with van der Waals surface area (Å²) in [5.74, 6) is 0.441. The molecule has 7 heteroatoms. The number of para-hydroxylation sites is 1. The van der Waals surface area contributed by atoms with Crippen LogP contribution in [0.1, 0.15) is 18.5 Å². The van der Waals surface area contributed by atoms with Crippen molar-refractivity contribution in [3.05, 3.63) is 82.2 Å². The molecule has 1 aliphatic rings. The van der Waals surface area contributed by atoms with Gasteiger partial charge in [-0.1, -0.05) is 46.3 Å². The fourth-order valence-corrected chi connectivity index (χ4v) is 3.51. The SMILES string of the molecule is CC1=C(C(=O)Nc2ccccc2)[C@H](c2cccc(Br)c2)n2ncnc2N1. The summed E-state index contributed by atoms with van der Waals surface area (Å²) < 4.78 is 2.67. The summed E-state index contributed by atoms with van der Waals surface area (Å²) in [6, 6.07) is 16.9. The Bertz CT molecular complexity index is 996. The Labute approximate surface area is 159 Å². The lowest BCUT2D eigenvalue weighted by Gasteiger charge is -2.28. The van der Waals surface area contributed by atoms with Gasteiger partial charge in [0, 0.05) is 15.9 Å². The van der Waals surface area contributed by atoms with Crippen molar-refractivity contribution < 1.29 is 4.79 Å². The number of allylic oxidation sites excluding steroid dienone is 1. The lowest BCUT2D eigenvalue weighted by atomic mass is 9.95. The van der Waals surface area contributed by atoms with Crippen LogP contribution in [-0.4, -0.2) is 20.7 Å². The number of aromatic nitrogens is 3. The van der Waals surface area contributed by atoms with Gasteiger partial charge in [0.15, 0.2) is 0 Å². The van der Waals surface area contributed by atoms with E-state index in [9.17, 15) is 4.79 Å². The number of fused-ring (bicyclic) bond motifs is 1. The molecule has 1 aromatic heterocycles. The van der Waals surface area contributed by atoms with Crippen LogP contribution in [0.4, 0.5) is 11.6 Å². The van der Waals surface area contributed by atoms with E-state index in [0.717, 1.165) is 21.4 Å². The van der Waals surface area contributed by atoms with Gasteiger partial charge in [0.2, 0.25) is 5.95 Å². The zero-order chi connectivity index (χ0) is 18.1. The van der Waals surface area contributed by atoms with E-state index in [4.69, 9.17) is 0 Å². The lowest BCUT2D eigenvalue weighted by Crippen LogP contribution is -2.31. The van der Waals surface area contributed by atoms with Gasteiger partial charge in [0.25, 0.3) is 5.91 Å². The number of nitrogens with zero attached hydrogens (tertiary/aromatic N) is 3. The molecule has 1 aliphatic heterocycles. The van der Waals surface area contributed by atoms with Crippen LogP contribution in [0, 0.1) is 0 Å². The van der Waals surface area contributed by atoms with E-state index in [1.807, 2.05) is 61.5 Å². The fourth-order valence-electron chi connectivity index (χ4n) is 3.09. The zero-order valence-corrected chi connectivity index (χ0v) is 15.6. The first-order chi connectivity index (χ1) is 12.6. The van der Waals surface area contributed by atoms with Crippen molar-refractivity contribution in [2.24, 2.45) is 0 Å². The molecule has 1 atom stereocenters. The van der Waals surface area contributed by atoms with Crippen LogP contribution in [-0.2, 0) is 4.79 Å². The molecule has 2 heterocycles. The van der Waals surface area contributed by atoms with Crippen molar-refractivity contribution in [2.75, 3.05) is 10.6 Å². The van der Waals surface area contributed by atoms with E-state index in [0.29, 0.717) is 11.5 Å². The summed E-state index contributed by atoms with van der Waals surface area (Å²) in [5, 5.41) is 10.5. The van der Waals surface area contributed by atoms with E-state index in [1.54, 1.807) is 4.68 Å². The molecule has 130 valence electrons. The Kier molecular flexibility index (Phi) is 4.30.